The maximum atomic E-state index is 14.3. The second kappa shape index (κ2) is 10.6. The van der Waals surface area contributed by atoms with Gasteiger partial charge >= 0.3 is 6.01 Å². The van der Waals surface area contributed by atoms with Gasteiger partial charge in [-0.3, -0.25) is 0 Å². The number of piperidine rings is 1. The van der Waals surface area contributed by atoms with E-state index in [1.54, 1.807) is 6.07 Å². The number of nitrogens with two attached hydrogens (primary N) is 1. The minimum Gasteiger partial charge on any atom is -0.473 e. The minimum atomic E-state index is -0.474. The van der Waals surface area contributed by atoms with Gasteiger partial charge in [-0.25, -0.2) is 8.78 Å². The van der Waals surface area contributed by atoms with Gasteiger partial charge in [0, 0.05) is 50.1 Å². The number of rotatable bonds is 7. The molecule has 4 heterocycles. The first-order chi connectivity index (χ1) is 17.8. The first kappa shape index (κ1) is 25.3. The third kappa shape index (κ3) is 5.51. The molecule has 37 heavy (non-hydrogen) atoms. The molecule has 11 heteroatoms. The summed E-state index contributed by atoms with van der Waals surface area (Å²) in [5.41, 5.74) is 6.57. The Balaban J connectivity index is 1.15. The third-order valence-electron chi connectivity index (χ3n) is 7.40. The lowest BCUT2D eigenvalue weighted by Gasteiger charge is -2.33. The summed E-state index contributed by atoms with van der Waals surface area (Å²) in [4.78, 5) is 8.57. The lowest BCUT2D eigenvalue weighted by atomic mass is 9.92. The van der Waals surface area contributed by atoms with Crippen molar-refractivity contribution in [3.05, 3.63) is 53.4 Å². The van der Waals surface area contributed by atoms with Crippen LogP contribution in [0.5, 0.6) is 5.88 Å². The molecule has 2 saturated heterocycles. The SMILES string of the molecule is CC(C)c1noc(N2CCC([C@H](C)Oc3ccc(N4C[C@H](c5cc(F)ccc5F)[C@@H](N)C4)nn3)CC2)n1. The lowest BCUT2D eigenvalue weighted by Crippen LogP contribution is -2.39. The molecule has 2 aliphatic heterocycles. The van der Waals surface area contributed by atoms with E-state index in [1.165, 1.54) is 6.07 Å². The highest BCUT2D eigenvalue weighted by molar-refractivity contribution is 5.43. The Labute approximate surface area is 215 Å². The van der Waals surface area contributed by atoms with E-state index in [4.69, 9.17) is 15.0 Å². The van der Waals surface area contributed by atoms with Crippen molar-refractivity contribution in [2.75, 3.05) is 36.0 Å². The largest absolute Gasteiger partial charge is 0.473 e. The summed E-state index contributed by atoms with van der Waals surface area (Å²) in [5.74, 6) is 1.15. The van der Waals surface area contributed by atoms with Gasteiger partial charge in [-0.15, -0.1) is 10.2 Å². The van der Waals surface area contributed by atoms with Gasteiger partial charge in [0.1, 0.15) is 17.7 Å². The first-order valence-corrected chi connectivity index (χ1v) is 12.8. The lowest BCUT2D eigenvalue weighted by molar-refractivity contribution is 0.125. The van der Waals surface area contributed by atoms with Crippen LogP contribution in [0.15, 0.2) is 34.9 Å². The molecule has 0 amide bonds. The van der Waals surface area contributed by atoms with E-state index in [2.05, 4.69) is 32.2 Å². The number of benzene rings is 1. The maximum Gasteiger partial charge on any atom is 0.324 e. The average molecular weight is 514 g/mol. The molecule has 5 rings (SSSR count). The van der Waals surface area contributed by atoms with Crippen molar-refractivity contribution in [2.45, 2.75) is 57.6 Å². The van der Waals surface area contributed by atoms with Crippen LogP contribution in [-0.4, -0.2) is 58.7 Å². The van der Waals surface area contributed by atoms with Crippen LogP contribution >= 0.6 is 0 Å². The Hall–Kier alpha value is -3.34. The number of nitrogens with zero attached hydrogens (tertiary/aromatic N) is 6. The highest BCUT2D eigenvalue weighted by atomic mass is 19.1. The first-order valence-electron chi connectivity index (χ1n) is 12.8. The van der Waals surface area contributed by atoms with Crippen LogP contribution in [0, 0.1) is 17.6 Å². The minimum absolute atomic E-state index is 0.0308. The molecule has 3 atom stereocenters. The van der Waals surface area contributed by atoms with Crippen LogP contribution in [0.2, 0.25) is 0 Å². The number of hydrogen-bond donors (Lipinski definition) is 1. The molecule has 0 spiro atoms. The summed E-state index contributed by atoms with van der Waals surface area (Å²) in [5, 5.41) is 12.6. The monoisotopic (exact) mass is 513 g/mol. The van der Waals surface area contributed by atoms with Crippen molar-refractivity contribution in [3.63, 3.8) is 0 Å². The summed E-state index contributed by atoms with van der Waals surface area (Å²) < 4.78 is 39.5. The van der Waals surface area contributed by atoms with Gasteiger partial charge in [0.25, 0.3) is 0 Å². The fourth-order valence-corrected chi connectivity index (χ4v) is 5.12. The van der Waals surface area contributed by atoms with Gasteiger partial charge in [0.05, 0.1) is 0 Å². The van der Waals surface area contributed by atoms with Crippen molar-refractivity contribution < 1.29 is 18.0 Å². The molecule has 0 unspecified atom stereocenters. The Kier molecular flexibility index (Phi) is 7.23. The van der Waals surface area contributed by atoms with Crippen molar-refractivity contribution in [1.29, 1.82) is 0 Å². The van der Waals surface area contributed by atoms with Gasteiger partial charge in [0.2, 0.25) is 5.88 Å². The summed E-state index contributed by atoms with van der Waals surface area (Å²) in [7, 11) is 0. The molecule has 0 bridgehead atoms. The van der Waals surface area contributed by atoms with E-state index in [0.717, 1.165) is 43.9 Å². The standard InChI is InChI=1S/C26H33F2N7O2/c1-15(2)25-30-26(37-33-25)34-10-8-17(9-11-34)16(3)36-24-7-6-23(31-32-24)35-13-20(22(29)14-35)19-12-18(27)4-5-21(19)28/h4-7,12,15-17,20,22H,8-11,13-14,29H2,1-3H3/t16-,20+,22-/m0/s1. The molecular formula is C26H33F2N7O2. The zero-order chi connectivity index (χ0) is 26.1. The van der Waals surface area contributed by atoms with Gasteiger partial charge in [-0.1, -0.05) is 19.0 Å². The topological polar surface area (TPSA) is 106 Å². The van der Waals surface area contributed by atoms with Gasteiger partial charge in [-0.2, -0.15) is 4.98 Å². The molecule has 2 aliphatic rings. The third-order valence-corrected chi connectivity index (χ3v) is 7.40. The van der Waals surface area contributed by atoms with E-state index in [1.807, 2.05) is 24.8 Å². The fraction of sp³-hybridized carbons (Fsp3) is 0.538. The number of ether oxygens (including phenoxy) is 1. The van der Waals surface area contributed by atoms with Crippen LogP contribution in [-0.2, 0) is 0 Å². The molecule has 9 nitrogen and oxygen atoms in total. The normalized spacial score (nSPS) is 21.6. The van der Waals surface area contributed by atoms with Crippen molar-refractivity contribution in [1.82, 2.24) is 20.3 Å². The highest BCUT2D eigenvalue weighted by Gasteiger charge is 2.34. The predicted octanol–water partition coefficient (Wildman–Crippen LogP) is 3.88. The maximum absolute atomic E-state index is 14.3. The Morgan fingerprint density at radius 2 is 1.81 bits per heavy atom. The fourth-order valence-electron chi connectivity index (χ4n) is 5.12. The average Bonchev–Trinajstić information content (AvgIpc) is 3.54. The summed E-state index contributed by atoms with van der Waals surface area (Å²) in [6.07, 6.45) is 1.85. The van der Waals surface area contributed by atoms with Crippen LogP contribution in [0.25, 0.3) is 0 Å². The van der Waals surface area contributed by atoms with E-state index in [-0.39, 0.29) is 24.0 Å². The van der Waals surface area contributed by atoms with Crippen LogP contribution < -0.4 is 20.3 Å². The molecule has 198 valence electrons. The van der Waals surface area contributed by atoms with Gasteiger partial charge in [0.15, 0.2) is 11.6 Å². The second-order valence-corrected chi connectivity index (χ2v) is 10.3. The van der Waals surface area contributed by atoms with Gasteiger partial charge in [-0.05, 0) is 55.5 Å². The quantitative estimate of drug-likeness (QED) is 0.504. The summed E-state index contributed by atoms with van der Waals surface area (Å²) in [6, 6.07) is 7.35. The molecule has 2 fully saturated rings. The van der Waals surface area contributed by atoms with Gasteiger partial charge < -0.3 is 24.8 Å². The molecule has 2 N–H and O–H groups in total. The number of halogens is 2. The van der Waals surface area contributed by atoms with E-state index in [0.29, 0.717) is 42.3 Å². The van der Waals surface area contributed by atoms with E-state index >= 15 is 0 Å². The smallest absolute Gasteiger partial charge is 0.324 e. The number of aromatic nitrogens is 4. The predicted molar refractivity (Wildman–Crippen MR) is 135 cm³/mol. The Morgan fingerprint density at radius 3 is 2.49 bits per heavy atom. The summed E-state index contributed by atoms with van der Waals surface area (Å²) >= 11 is 0. The molecule has 3 aromatic rings. The van der Waals surface area contributed by atoms with E-state index in [9.17, 15) is 8.78 Å². The zero-order valence-corrected chi connectivity index (χ0v) is 21.3. The Morgan fingerprint density at radius 1 is 1.03 bits per heavy atom. The molecule has 2 aromatic heterocycles. The second-order valence-electron chi connectivity index (χ2n) is 10.3. The Bertz CT molecular complexity index is 1200. The van der Waals surface area contributed by atoms with Crippen LogP contribution in [0.3, 0.4) is 0 Å². The molecule has 0 saturated carbocycles. The van der Waals surface area contributed by atoms with Crippen molar-refractivity contribution >= 4 is 11.8 Å². The molecular weight excluding hydrogens is 480 g/mol. The number of anilines is 2. The molecule has 0 aliphatic carbocycles. The van der Waals surface area contributed by atoms with Crippen LogP contribution in [0.1, 0.15) is 56.8 Å². The zero-order valence-electron chi connectivity index (χ0n) is 21.3. The molecule has 1 aromatic carbocycles. The molecule has 0 radical (unpaired) electrons. The summed E-state index contributed by atoms with van der Waals surface area (Å²) in [6.45, 7) is 8.70. The van der Waals surface area contributed by atoms with E-state index < -0.39 is 11.6 Å². The van der Waals surface area contributed by atoms with Crippen molar-refractivity contribution in [2.24, 2.45) is 11.7 Å². The number of hydrogen-bond acceptors (Lipinski definition) is 9. The highest BCUT2D eigenvalue weighted by Crippen LogP contribution is 2.32. The van der Waals surface area contributed by atoms with Crippen LogP contribution in [0.4, 0.5) is 20.6 Å². The van der Waals surface area contributed by atoms with Crippen molar-refractivity contribution in [3.8, 4) is 5.88 Å².